The smallest absolute Gasteiger partial charge is 0.315 e. The molecule has 1 saturated carbocycles. The van der Waals surface area contributed by atoms with Gasteiger partial charge in [0.25, 0.3) is 0 Å². The first-order valence-electron chi connectivity index (χ1n) is 7.33. The highest BCUT2D eigenvalue weighted by atomic mass is 79.9. The van der Waals surface area contributed by atoms with Crippen molar-refractivity contribution in [1.82, 2.24) is 20.8 Å². The molecule has 22 heavy (non-hydrogen) atoms. The number of halogens is 1. The second-order valence-corrected chi connectivity index (χ2v) is 6.06. The minimum atomic E-state index is -0.201. The van der Waals surface area contributed by atoms with Gasteiger partial charge in [0.1, 0.15) is 0 Å². The Labute approximate surface area is 136 Å². The van der Waals surface area contributed by atoms with Gasteiger partial charge in [-0.3, -0.25) is 0 Å². The summed E-state index contributed by atoms with van der Waals surface area (Å²) in [5.74, 6) is 1.20. The van der Waals surface area contributed by atoms with Gasteiger partial charge < -0.3 is 19.6 Å². The van der Waals surface area contributed by atoms with Crippen LogP contribution in [0.25, 0.3) is 11.6 Å². The maximum Gasteiger partial charge on any atom is 0.315 e. The Morgan fingerprint density at radius 1 is 1.32 bits per heavy atom. The fourth-order valence-corrected chi connectivity index (χ4v) is 2.81. The van der Waals surface area contributed by atoms with Crippen LogP contribution in [-0.2, 0) is 6.54 Å². The Morgan fingerprint density at radius 2 is 2.14 bits per heavy atom. The monoisotopic (exact) mass is 368 g/mol. The topological polar surface area (TPSA) is 93.2 Å². The molecule has 3 rings (SSSR count). The lowest BCUT2D eigenvalue weighted by molar-refractivity contribution is 0.230. The van der Waals surface area contributed by atoms with Gasteiger partial charge in [-0.15, -0.1) is 0 Å². The molecular formula is C14H17BrN4O3. The number of hydrogen-bond donors (Lipinski definition) is 2. The number of urea groups is 1. The molecule has 0 radical (unpaired) electrons. The highest BCUT2D eigenvalue weighted by molar-refractivity contribution is 9.10. The summed E-state index contributed by atoms with van der Waals surface area (Å²) < 4.78 is 11.0. The summed E-state index contributed by atoms with van der Waals surface area (Å²) in [6, 6.07) is 3.56. The van der Waals surface area contributed by atoms with E-state index in [1.807, 2.05) is 0 Å². The van der Waals surface area contributed by atoms with Gasteiger partial charge in [-0.05, 0) is 40.9 Å². The van der Waals surface area contributed by atoms with Crippen molar-refractivity contribution in [2.24, 2.45) is 0 Å². The lowest BCUT2D eigenvalue weighted by Gasteiger charge is -2.22. The number of rotatable bonds is 4. The molecule has 2 aromatic rings. The molecule has 0 bridgehead atoms. The Morgan fingerprint density at radius 3 is 2.86 bits per heavy atom. The molecule has 2 N–H and O–H groups in total. The first-order valence-corrected chi connectivity index (χ1v) is 8.12. The van der Waals surface area contributed by atoms with Crippen LogP contribution < -0.4 is 10.6 Å². The SMILES string of the molecule is O=C(NCc1nc(-c2ccc(Br)o2)no1)NC1CCCCC1. The maximum absolute atomic E-state index is 11.8. The Bertz CT molecular complexity index is 634. The summed E-state index contributed by atoms with van der Waals surface area (Å²) in [4.78, 5) is 16.0. The predicted molar refractivity (Wildman–Crippen MR) is 81.9 cm³/mol. The maximum atomic E-state index is 11.8. The van der Waals surface area contributed by atoms with Crippen LogP contribution in [-0.4, -0.2) is 22.2 Å². The van der Waals surface area contributed by atoms with E-state index in [2.05, 4.69) is 36.7 Å². The first-order chi connectivity index (χ1) is 10.7. The van der Waals surface area contributed by atoms with E-state index in [1.165, 1.54) is 19.3 Å². The number of amides is 2. The zero-order chi connectivity index (χ0) is 15.4. The largest absolute Gasteiger partial charge is 0.446 e. The molecule has 0 unspecified atom stereocenters. The van der Waals surface area contributed by atoms with Crippen LogP contribution in [0.1, 0.15) is 38.0 Å². The van der Waals surface area contributed by atoms with E-state index in [0.29, 0.717) is 22.1 Å². The molecule has 1 aliphatic rings. The van der Waals surface area contributed by atoms with E-state index in [4.69, 9.17) is 8.94 Å². The second kappa shape index (κ2) is 6.95. The van der Waals surface area contributed by atoms with Crippen LogP contribution in [0.5, 0.6) is 0 Å². The molecule has 2 amide bonds. The number of hydrogen-bond acceptors (Lipinski definition) is 5. The third-order valence-electron chi connectivity index (χ3n) is 3.60. The Kier molecular flexibility index (Phi) is 4.77. The highest BCUT2D eigenvalue weighted by Gasteiger charge is 2.16. The van der Waals surface area contributed by atoms with E-state index < -0.39 is 0 Å². The lowest BCUT2D eigenvalue weighted by Crippen LogP contribution is -2.42. The molecule has 7 nitrogen and oxygen atoms in total. The summed E-state index contributed by atoms with van der Waals surface area (Å²) >= 11 is 3.21. The Hall–Kier alpha value is -1.83. The van der Waals surface area contributed by atoms with Crippen molar-refractivity contribution < 1.29 is 13.7 Å². The number of aromatic nitrogens is 2. The van der Waals surface area contributed by atoms with E-state index in [-0.39, 0.29) is 18.6 Å². The summed E-state index contributed by atoms with van der Waals surface area (Å²) in [7, 11) is 0. The average Bonchev–Trinajstić information content (AvgIpc) is 3.15. The van der Waals surface area contributed by atoms with Crippen LogP contribution in [0.3, 0.4) is 0 Å². The number of nitrogens with one attached hydrogen (secondary N) is 2. The molecule has 2 heterocycles. The summed E-state index contributed by atoms with van der Waals surface area (Å²) in [6.45, 7) is 0.188. The van der Waals surface area contributed by atoms with Crippen LogP contribution in [0.2, 0.25) is 0 Å². The van der Waals surface area contributed by atoms with E-state index in [9.17, 15) is 4.79 Å². The minimum absolute atomic E-state index is 0.188. The second-order valence-electron chi connectivity index (χ2n) is 5.28. The summed E-state index contributed by atoms with van der Waals surface area (Å²) in [5, 5.41) is 9.52. The normalized spacial score (nSPS) is 15.7. The van der Waals surface area contributed by atoms with Crippen LogP contribution in [0.4, 0.5) is 4.79 Å². The van der Waals surface area contributed by atoms with E-state index in [1.54, 1.807) is 12.1 Å². The third kappa shape index (κ3) is 3.88. The average molecular weight is 369 g/mol. The number of carbonyl (C=O) groups excluding carboxylic acids is 1. The van der Waals surface area contributed by atoms with Crippen LogP contribution in [0, 0.1) is 0 Å². The van der Waals surface area contributed by atoms with Crippen molar-refractivity contribution in [3.05, 3.63) is 22.7 Å². The van der Waals surface area contributed by atoms with Crippen molar-refractivity contribution in [3.63, 3.8) is 0 Å². The summed E-state index contributed by atoms with van der Waals surface area (Å²) in [5.41, 5.74) is 0. The van der Waals surface area contributed by atoms with Crippen molar-refractivity contribution in [1.29, 1.82) is 0 Å². The molecule has 118 valence electrons. The van der Waals surface area contributed by atoms with E-state index in [0.717, 1.165) is 12.8 Å². The highest BCUT2D eigenvalue weighted by Crippen LogP contribution is 2.22. The standard InChI is InChI=1S/C14H17BrN4O3/c15-11-7-6-10(21-11)13-18-12(22-19-13)8-16-14(20)17-9-4-2-1-3-5-9/h6-7,9H,1-5,8H2,(H2,16,17,20). The molecule has 0 atom stereocenters. The van der Waals surface area contributed by atoms with Crippen LogP contribution >= 0.6 is 15.9 Å². The number of carbonyl (C=O) groups is 1. The molecular weight excluding hydrogens is 352 g/mol. The third-order valence-corrected chi connectivity index (χ3v) is 4.03. The van der Waals surface area contributed by atoms with Gasteiger partial charge in [0, 0.05) is 6.04 Å². The van der Waals surface area contributed by atoms with Gasteiger partial charge in [-0.25, -0.2) is 4.79 Å². The van der Waals surface area contributed by atoms with Crippen molar-refractivity contribution in [2.75, 3.05) is 0 Å². The van der Waals surface area contributed by atoms with Gasteiger partial charge in [-0.1, -0.05) is 24.4 Å². The fourth-order valence-electron chi connectivity index (χ4n) is 2.50. The van der Waals surface area contributed by atoms with Gasteiger partial charge >= 0.3 is 6.03 Å². The molecule has 0 aromatic carbocycles. The minimum Gasteiger partial charge on any atom is -0.446 e. The lowest BCUT2D eigenvalue weighted by atomic mass is 9.96. The van der Waals surface area contributed by atoms with Gasteiger partial charge in [0.15, 0.2) is 10.4 Å². The van der Waals surface area contributed by atoms with E-state index >= 15 is 0 Å². The number of furan rings is 1. The molecule has 1 aliphatic carbocycles. The molecule has 8 heteroatoms. The van der Waals surface area contributed by atoms with Gasteiger partial charge in [0.05, 0.1) is 6.54 Å². The predicted octanol–water partition coefficient (Wildman–Crippen LogP) is 3.22. The first kappa shape index (κ1) is 15.1. The molecule has 0 spiro atoms. The van der Waals surface area contributed by atoms with Crippen molar-refractivity contribution in [3.8, 4) is 11.6 Å². The summed E-state index contributed by atoms with van der Waals surface area (Å²) in [6.07, 6.45) is 5.71. The number of nitrogens with zero attached hydrogens (tertiary/aromatic N) is 2. The molecule has 2 aromatic heterocycles. The zero-order valence-corrected chi connectivity index (χ0v) is 13.6. The fraction of sp³-hybridized carbons (Fsp3) is 0.500. The van der Waals surface area contributed by atoms with Crippen molar-refractivity contribution in [2.45, 2.75) is 44.7 Å². The zero-order valence-electron chi connectivity index (χ0n) is 12.0. The quantitative estimate of drug-likeness (QED) is 0.863. The van der Waals surface area contributed by atoms with Gasteiger partial charge in [-0.2, -0.15) is 4.98 Å². The molecule has 0 saturated heterocycles. The Balaban J connectivity index is 1.49. The van der Waals surface area contributed by atoms with Crippen molar-refractivity contribution >= 4 is 22.0 Å². The molecule has 1 fully saturated rings. The molecule has 0 aliphatic heterocycles. The van der Waals surface area contributed by atoms with Crippen LogP contribution in [0.15, 0.2) is 25.7 Å². The van der Waals surface area contributed by atoms with Gasteiger partial charge in [0.2, 0.25) is 11.7 Å².